The first-order valence-electron chi connectivity index (χ1n) is 15.7. The number of ether oxygens (including phenoxy) is 3. The largest absolute Gasteiger partial charge is 0.506 e. The smallest absolute Gasteiger partial charge is 0.229 e. The van der Waals surface area contributed by atoms with Crippen molar-refractivity contribution in [2.45, 2.75) is 102 Å². The van der Waals surface area contributed by atoms with Crippen molar-refractivity contribution in [1.82, 2.24) is 4.98 Å². The van der Waals surface area contributed by atoms with Crippen LogP contribution in [0.5, 0.6) is 17.2 Å². The summed E-state index contributed by atoms with van der Waals surface area (Å²) < 4.78 is 17.8. The number of aromatic nitrogens is 1. The van der Waals surface area contributed by atoms with Crippen molar-refractivity contribution < 1.29 is 44.5 Å². The third-order valence-corrected chi connectivity index (χ3v) is 9.90. The van der Waals surface area contributed by atoms with Crippen LogP contribution in [-0.2, 0) is 11.2 Å². The number of hydrogen-bond donors (Lipinski definition) is 6. The van der Waals surface area contributed by atoms with Crippen LogP contribution in [0.3, 0.4) is 0 Å². The lowest BCUT2D eigenvalue weighted by molar-refractivity contribution is -0.291. The SMILES string of the molecule is CCc1c[nH]cc1[C@@H]1[C@@H](O)[C@H]2O[C@H](Oc3cc(OC)cc4cc(C)c(c(O)c34)C(=O)CC#CC13CCCCC3)[C@H](O)[C@@H](O)[C@@H]2O. The van der Waals surface area contributed by atoms with Crippen molar-refractivity contribution in [2.75, 3.05) is 7.11 Å². The molecule has 0 amide bonds. The van der Waals surface area contributed by atoms with Gasteiger partial charge in [-0.25, -0.2) is 0 Å². The van der Waals surface area contributed by atoms with Crippen molar-refractivity contribution >= 4 is 16.6 Å². The Morgan fingerprint density at radius 2 is 1.78 bits per heavy atom. The first-order valence-corrected chi connectivity index (χ1v) is 15.7. The van der Waals surface area contributed by atoms with Gasteiger partial charge in [0.15, 0.2) is 5.78 Å². The highest BCUT2D eigenvalue weighted by atomic mass is 16.7. The predicted octanol–water partition coefficient (Wildman–Crippen LogP) is 3.62. The van der Waals surface area contributed by atoms with Gasteiger partial charge >= 0.3 is 0 Å². The van der Waals surface area contributed by atoms with E-state index >= 15 is 0 Å². The number of H-pyrrole nitrogens is 1. The van der Waals surface area contributed by atoms with Gasteiger partial charge < -0.3 is 44.7 Å². The van der Waals surface area contributed by atoms with E-state index < -0.39 is 48.1 Å². The fourth-order valence-electron chi connectivity index (χ4n) is 7.62. The molecule has 0 radical (unpaired) electrons. The number of ketones is 1. The molecule has 1 spiro atoms. The number of phenols is 1. The Hall–Kier alpha value is -3.59. The molecule has 3 aliphatic rings. The lowest BCUT2D eigenvalue weighted by Gasteiger charge is -2.48. The number of aromatic hydroxyl groups is 1. The fraction of sp³-hybridized carbons (Fsp3) is 0.514. The second kappa shape index (κ2) is 12.3. The minimum absolute atomic E-state index is 0.0249. The Kier molecular flexibility index (Phi) is 8.59. The maximum Gasteiger partial charge on any atom is 0.229 e. The zero-order valence-electron chi connectivity index (χ0n) is 25.7. The molecule has 3 aromatic rings. The summed E-state index contributed by atoms with van der Waals surface area (Å²) in [6, 6.07) is 4.90. The highest BCUT2D eigenvalue weighted by Crippen LogP contribution is 2.51. The standard InChI is InChI=1S/C35H41NO9/c1-4-19-16-36-17-22(19)27-29(39)33-31(41)30(40)32(42)34(45-33)44-24-15-21(43-3)14-20-13-18(2)25(28(38)26(20)24)23(37)9-8-12-35(27)10-6-5-7-11-35/h13-17,27,29-34,36,38-42H,4-7,9-11H2,1-3H3/t27-,29-,30+,31+,32-,33-,34+/m1/s1. The van der Waals surface area contributed by atoms with E-state index in [4.69, 9.17) is 14.2 Å². The van der Waals surface area contributed by atoms with Crippen molar-refractivity contribution in [3.05, 3.63) is 52.8 Å². The number of aliphatic hydroxyl groups is 4. The molecule has 2 fully saturated rings. The molecule has 1 aliphatic carbocycles. The molecule has 6 rings (SSSR count). The van der Waals surface area contributed by atoms with E-state index in [0.717, 1.165) is 30.4 Å². The van der Waals surface area contributed by atoms with Gasteiger partial charge in [-0.1, -0.05) is 44.1 Å². The van der Waals surface area contributed by atoms with E-state index in [1.165, 1.54) is 13.2 Å². The molecule has 45 heavy (non-hydrogen) atoms. The molecule has 1 aromatic heterocycles. The Balaban J connectivity index is 1.59. The third kappa shape index (κ3) is 5.37. The first-order chi connectivity index (χ1) is 21.6. The molecule has 4 bridgehead atoms. The van der Waals surface area contributed by atoms with Crippen LogP contribution in [0.1, 0.15) is 78.4 Å². The Labute approximate surface area is 261 Å². The van der Waals surface area contributed by atoms with Crippen LogP contribution in [0.4, 0.5) is 0 Å². The summed E-state index contributed by atoms with van der Waals surface area (Å²) in [7, 11) is 1.47. The third-order valence-electron chi connectivity index (χ3n) is 9.90. The van der Waals surface area contributed by atoms with E-state index in [-0.39, 0.29) is 34.7 Å². The van der Waals surface area contributed by atoms with Gasteiger partial charge in [0.05, 0.1) is 30.6 Å². The number of phenolic OH excluding ortho intramolecular Hbond substituents is 1. The molecular formula is C35H41NO9. The number of Topliss-reactive ketones (excluding diaryl/α,β-unsaturated/α-hetero) is 1. The molecule has 240 valence electrons. The second-order valence-corrected chi connectivity index (χ2v) is 12.6. The number of rotatable bonds is 3. The summed E-state index contributed by atoms with van der Waals surface area (Å²) in [5.41, 5.74) is 1.65. The van der Waals surface area contributed by atoms with Crippen LogP contribution in [-0.4, -0.2) is 80.2 Å². The molecule has 6 N–H and O–H groups in total. The Morgan fingerprint density at radius 1 is 1.02 bits per heavy atom. The van der Waals surface area contributed by atoms with Crippen molar-refractivity contribution in [3.8, 4) is 29.1 Å². The quantitative estimate of drug-likeness (QED) is 0.241. The maximum absolute atomic E-state index is 13.7. The minimum atomic E-state index is -1.73. The monoisotopic (exact) mass is 619 g/mol. The van der Waals surface area contributed by atoms with E-state index in [2.05, 4.69) is 16.8 Å². The number of hydrogen-bond acceptors (Lipinski definition) is 9. The predicted molar refractivity (Wildman–Crippen MR) is 165 cm³/mol. The summed E-state index contributed by atoms with van der Waals surface area (Å²) in [6.07, 6.45) is -1.22. The van der Waals surface area contributed by atoms with Crippen LogP contribution >= 0.6 is 0 Å². The topological polar surface area (TPSA) is 162 Å². The first kappa shape index (κ1) is 31.4. The Bertz CT molecular complexity index is 1650. The fourth-order valence-corrected chi connectivity index (χ4v) is 7.62. The summed E-state index contributed by atoms with van der Waals surface area (Å²) in [6.45, 7) is 3.74. The van der Waals surface area contributed by atoms with Crippen molar-refractivity contribution in [2.24, 2.45) is 5.41 Å². The van der Waals surface area contributed by atoms with Crippen molar-refractivity contribution in [1.29, 1.82) is 0 Å². The summed E-state index contributed by atoms with van der Waals surface area (Å²) in [4.78, 5) is 16.9. The van der Waals surface area contributed by atoms with Gasteiger partial charge in [0.1, 0.15) is 41.7 Å². The lowest BCUT2D eigenvalue weighted by atomic mass is 9.61. The van der Waals surface area contributed by atoms with Gasteiger partial charge in [0.2, 0.25) is 6.29 Å². The number of methoxy groups -OCH3 is 1. The van der Waals surface area contributed by atoms with Gasteiger partial charge in [-0.05, 0) is 54.3 Å². The number of aliphatic hydroxyl groups excluding tert-OH is 4. The van der Waals surface area contributed by atoms with E-state index in [0.29, 0.717) is 36.0 Å². The van der Waals surface area contributed by atoms with Gasteiger partial charge in [-0.3, -0.25) is 4.79 Å². The number of fused-ring (bicyclic) bond motifs is 3. The number of benzene rings is 2. The van der Waals surface area contributed by atoms with Gasteiger partial charge in [0.25, 0.3) is 0 Å². The molecule has 10 nitrogen and oxygen atoms in total. The minimum Gasteiger partial charge on any atom is -0.506 e. The van der Waals surface area contributed by atoms with Crippen LogP contribution in [0.2, 0.25) is 0 Å². The highest BCUT2D eigenvalue weighted by Gasteiger charge is 2.53. The molecule has 2 aromatic carbocycles. The maximum atomic E-state index is 13.7. The highest BCUT2D eigenvalue weighted by molar-refractivity contribution is 6.08. The number of carbonyl (C=O) groups excluding carboxylic acids is 1. The molecule has 3 heterocycles. The molecule has 0 unspecified atom stereocenters. The van der Waals surface area contributed by atoms with E-state index in [1.807, 2.05) is 19.3 Å². The molecule has 2 aliphatic heterocycles. The van der Waals surface area contributed by atoms with E-state index in [1.54, 1.807) is 19.1 Å². The van der Waals surface area contributed by atoms with Crippen LogP contribution in [0.25, 0.3) is 10.8 Å². The number of nitrogens with one attached hydrogen (secondary N) is 1. The summed E-state index contributed by atoms with van der Waals surface area (Å²) >= 11 is 0. The number of aromatic amines is 1. The number of carbonyl (C=O) groups is 1. The normalized spacial score (nSPS) is 29.8. The number of aryl methyl sites for hydroxylation is 2. The molecule has 7 atom stereocenters. The zero-order valence-corrected chi connectivity index (χ0v) is 25.7. The average molecular weight is 620 g/mol. The summed E-state index contributed by atoms with van der Waals surface area (Å²) in [5, 5.41) is 57.9. The van der Waals surface area contributed by atoms with Crippen LogP contribution in [0, 0.1) is 24.2 Å². The molecule has 1 saturated heterocycles. The molecule has 1 saturated carbocycles. The van der Waals surface area contributed by atoms with Gasteiger partial charge in [-0.2, -0.15) is 0 Å². The Morgan fingerprint density at radius 3 is 2.49 bits per heavy atom. The molecular weight excluding hydrogens is 578 g/mol. The summed E-state index contributed by atoms with van der Waals surface area (Å²) in [5.74, 6) is 5.61. The zero-order chi connectivity index (χ0) is 32.0. The van der Waals surface area contributed by atoms with Crippen molar-refractivity contribution in [3.63, 3.8) is 0 Å². The van der Waals surface area contributed by atoms with Gasteiger partial charge in [0, 0.05) is 29.8 Å². The van der Waals surface area contributed by atoms with Crippen LogP contribution < -0.4 is 9.47 Å². The van der Waals surface area contributed by atoms with Crippen LogP contribution in [0.15, 0.2) is 30.6 Å². The van der Waals surface area contributed by atoms with E-state index in [9.17, 15) is 30.3 Å². The average Bonchev–Trinajstić information content (AvgIpc) is 3.49. The molecule has 10 heteroatoms. The van der Waals surface area contributed by atoms with Gasteiger partial charge in [-0.15, -0.1) is 0 Å². The second-order valence-electron chi connectivity index (χ2n) is 12.6. The lowest BCUT2D eigenvalue weighted by Crippen LogP contribution is -2.63.